The summed E-state index contributed by atoms with van der Waals surface area (Å²) >= 11 is 0. The smallest absolute Gasteiger partial charge is 0.338 e. The highest BCUT2D eigenvalue weighted by atomic mass is 32.2. The molecule has 1 aromatic heterocycles. The van der Waals surface area contributed by atoms with Gasteiger partial charge < -0.3 is 15.0 Å². The average Bonchev–Trinajstić information content (AvgIpc) is 3.04. The molecule has 0 unspecified atom stereocenters. The van der Waals surface area contributed by atoms with Gasteiger partial charge in [0.1, 0.15) is 10.6 Å². The van der Waals surface area contributed by atoms with Gasteiger partial charge in [0, 0.05) is 24.5 Å². The molecule has 0 saturated carbocycles. The summed E-state index contributed by atoms with van der Waals surface area (Å²) in [5, 5.41) is 2.72. The van der Waals surface area contributed by atoms with Crippen LogP contribution in [-0.2, 0) is 14.8 Å². The van der Waals surface area contributed by atoms with Crippen molar-refractivity contribution in [3.63, 3.8) is 0 Å². The normalized spacial score (nSPS) is 15.0. The molecule has 2 N–H and O–H groups in total. The molecule has 3 rings (SSSR count). The molecule has 0 atom stereocenters. The standard InChI is InChI=1S/C21H27N3O5S/c1-4-29-21(26)16-9-8-10-17(13-16)23-20(25)18-14(2)19(15(3)22-18)30(27,28)24-11-6-5-7-12-24/h8-10,13,22H,4-7,11-12H2,1-3H3,(H,23,25). The number of piperidine rings is 1. The van der Waals surface area contributed by atoms with Gasteiger partial charge in [-0.3, -0.25) is 4.79 Å². The van der Waals surface area contributed by atoms with Crippen LogP contribution in [0.3, 0.4) is 0 Å². The van der Waals surface area contributed by atoms with Crippen LogP contribution in [-0.4, -0.2) is 49.3 Å². The lowest BCUT2D eigenvalue weighted by atomic mass is 10.2. The van der Waals surface area contributed by atoms with E-state index in [0.717, 1.165) is 19.3 Å². The lowest BCUT2D eigenvalue weighted by Crippen LogP contribution is -2.36. The van der Waals surface area contributed by atoms with E-state index in [4.69, 9.17) is 4.74 Å². The number of hydrogen-bond acceptors (Lipinski definition) is 5. The van der Waals surface area contributed by atoms with E-state index in [1.807, 2.05) is 0 Å². The third-order valence-corrected chi connectivity index (χ3v) is 7.31. The first-order chi connectivity index (χ1) is 14.3. The van der Waals surface area contributed by atoms with Crippen molar-refractivity contribution in [2.24, 2.45) is 0 Å². The Labute approximate surface area is 176 Å². The van der Waals surface area contributed by atoms with Crippen molar-refractivity contribution in [3.8, 4) is 0 Å². The molecule has 1 amide bonds. The summed E-state index contributed by atoms with van der Waals surface area (Å²) in [6.45, 7) is 6.25. The number of aryl methyl sites for hydroxylation is 1. The molecule has 30 heavy (non-hydrogen) atoms. The van der Waals surface area contributed by atoms with Crippen molar-refractivity contribution in [3.05, 3.63) is 46.8 Å². The fourth-order valence-electron chi connectivity index (χ4n) is 3.71. The number of esters is 1. The lowest BCUT2D eigenvalue weighted by molar-refractivity contribution is 0.0526. The van der Waals surface area contributed by atoms with E-state index in [9.17, 15) is 18.0 Å². The monoisotopic (exact) mass is 433 g/mol. The Bertz CT molecular complexity index is 1050. The highest BCUT2D eigenvalue weighted by Crippen LogP contribution is 2.28. The van der Waals surface area contributed by atoms with Gasteiger partial charge in [-0.25, -0.2) is 13.2 Å². The van der Waals surface area contributed by atoms with E-state index in [-0.39, 0.29) is 17.2 Å². The number of aromatic nitrogens is 1. The minimum Gasteiger partial charge on any atom is -0.462 e. The summed E-state index contributed by atoms with van der Waals surface area (Å²) in [4.78, 5) is 27.8. The number of H-pyrrole nitrogens is 1. The summed E-state index contributed by atoms with van der Waals surface area (Å²) in [5.74, 6) is -0.952. The van der Waals surface area contributed by atoms with Gasteiger partial charge in [0.15, 0.2) is 0 Å². The van der Waals surface area contributed by atoms with Gasteiger partial charge in [0.2, 0.25) is 10.0 Å². The predicted octanol–water partition coefficient (Wildman–Crippen LogP) is 3.24. The third-order valence-electron chi connectivity index (χ3n) is 5.14. The Hall–Kier alpha value is -2.65. The van der Waals surface area contributed by atoms with Crippen molar-refractivity contribution in [2.45, 2.75) is 44.9 Å². The van der Waals surface area contributed by atoms with E-state index in [0.29, 0.717) is 35.6 Å². The number of hydrogen-bond donors (Lipinski definition) is 2. The first kappa shape index (κ1) is 22.0. The van der Waals surface area contributed by atoms with Crippen LogP contribution in [0.5, 0.6) is 0 Å². The molecule has 8 nitrogen and oxygen atoms in total. The van der Waals surface area contributed by atoms with E-state index in [2.05, 4.69) is 10.3 Å². The predicted molar refractivity (Wildman–Crippen MR) is 113 cm³/mol. The summed E-state index contributed by atoms with van der Waals surface area (Å²) in [6, 6.07) is 6.41. The maximum absolute atomic E-state index is 13.1. The molecule has 0 bridgehead atoms. The Morgan fingerprint density at radius 1 is 1.17 bits per heavy atom. The quantitative estimate of drug-likeness (QED) is 0.680. The number of carbonyl (C=O) groups excluding carboxylic acids is 2. The molecule has 1 aliphatic heterocycles. The van der Waals surface area contributed by atoms with Crippen LogP contribution in [0, 0.1) is 13.8 Å². The summed E-state index contributed by atoms with van der Waals surface area (Å²) < 4.78 is 32.7. The first-order valence-corrected chi connectivity index (χ1v) is 11.5. The highest BCUT2D eigenvalue weighted by molar-refractivity contribution is 7.89. The van der Waals surface area contributed by atoms with E-state index >= 15 is 0 Å². The van der Waals surface area contributed by atoms with Crippen molar-refractivity contribution in [2.75, 3.05) is 25.0 Å². The number of aromatic amines is 1. The van der Waals surface area contributed by atoms with Gasteiger partial charge in [-0.1, -0.05) is 12.5 Å². The Kier molecular flexibility index (Phi) is 6.62. The molecule has 162 valence electrons. The second-order valence-corrected chi connectivity index (χ2v) is 9.17. The van der Waals surface area contributed by atoms with Crippen LogP contribution >= 0.6 is 0 Å². The van der Waals surface area contributed by atoms with Gasteiger partial charge in [-0.15, -0.1) is 0 Å². The zero-order valence-electron chi connectivity index (χ0n) is 17.4. The van der Waals surface area contributed by atoms with Crippen LogP contribution in [0.2, 0.25) is 0 Å². The van der Waals surface area contributed by atoms with Crippen molar-refractivity contribution in [1.82, 2.24) is 9.29 Å². The molecule has 0 radical (unpaired) electrons. The number of carbonyl (C=O) groups is 2. The summed E-state index contributed by atoms with van der Waals surface area (Å²) in [7, 11) is -3.67. The summed E-state index contributed by atoms with van der Waals surface area (Å²) in [6.07, 6.45) is 2.70. The topological polar surface area (TPSA) is 109 Å². The largest absolute Gasteiger partial charge is 0.462 e. The number of rotatable bonds is 6. The third kappa shape index (κ3) is 4.41. The molecule has 0 aliphatic carbocycles. The number of nitrogens with zero attached hydrogens (tertiary/aromatic N) is 1. The van der Waals surface area contributed by atoms with Crippen LogP contribution in [0.25, 0.3) is 0 Å². The summed E-state index contributed by atoms with van der Waals surface area (Å²) in [5.41, 5.74) is 1.74. The number of nitrogens with one attached hydrogen (secondary N) is 2. The zero-order chi connectivity index (χ0) is 21.9. The van der Waals surface area contributed by atoms with Crippen LogP contribution in [0.1, 0.15) is 58.3 Å². The first-order valence-electron chi connectivity index (χ1n) is 10.0. The average molecular weight is 434 g/mol. The fraction of sp³-hybridized carbons (Fsp3) is 0.429. The van der Waals surface area contributed by atoms with Crippen LogP contribution in [0.4, 0.5) is 5.69 Å². The van der Waals surface area contributed by atoms with E-state index in [1.165, 1.54) is 10.4 Å². The van der Waals surface area contributed by atoms with Gasteiger partial charge in [0.05, 0.1) is 12.2 Å². The molecule has 2 heterocycles. The zero-order valence-corrected chi connectivity index (χ0v) is 18.3. The minimum absolute atomic E-state index is 0.162. The SMILES string of the molecule is CCOC(=O)c1cccc(NC(=O)c2[nH]c(C)c(S(=O)(=O)N3CCCCC3)c2C)c1. The molecule has 0 spiro atoms. The van der Waals surface area contributed by atoms with Crippen LogP contribution in [0.15, 0.2) is 29.2 Å². The molecule has 1 fully saturated rings. The van der Waals surface area contributed by atoms with E-state index in [1.54, 1.807) is 39.0 Å². The Balaban J connectivity index is 1.85. The second kappa shape index (κ2) is 9.01. The number of benzene rings is 1. The maximum Gasteiger partial charge on any atom is 0.338 e. The van der Waals surface area contributed by atoms with Crippen molar-refractivity contribution in [1.29, 1.82) is 0 Å². The molecule has 1 aromatic carbocycles. The number of amides is 1. The maximum atomic E-state index is 13.1. The molecule has 9 heteroatoms. The Morgan fingerprint density at radius 3 is 2.53 bits per heavy atom. The number of anilines is 1. The number of sulfonamides is 1. The van der Waals surface area contributed by atoms with Gasteiger partial charge in [0.25, 0.3) is 5.91 Å². The van der Waals surface area contributed by atoms with Gasteiger partial charge >= 0.3 is 5.97 Å². The van der Waals surface area contributed by atoms with Gasteiger partial charge in [-0.2, -0.15) is 4.31 Å². The van der Waals surface area contributed by atoms with Crippen molar-refractivity contribution >= 4 is 27.6 Å². The minimum atomic E-state index is -3.67. The van der Waals surface area contributed by atoms with Gasteiger partial charge in [-0.05, 0) is 57.4 Å². The lowest BCUT2D eigenvalue weighted by Gasteiger charge is -2.26. The van der Waals surface area contributed by atoms with Crippen LogP contribution < -0.4 is 5.32 Å². The molecule has 1 saturated heterocycles. The Morgan fingerprint density at radius 2 is 1.87 bits per heavy atom. The highest BCUT2D eigenvalue weighted by Gasteiger charge is 2.32. The van der Waals surface area contributed by atoms with Crippen molar-refractivity contribution < 1.29 is 22.7 Å². The van der Waals surface area contributed by atoms with E-state index < -0.39 is 21.9 Å². The molecule has 1 aliphatic rings. The molecular formula is C21H27N3O5S. The molecular weight excluding hydrogens is 406 g/mol. The fourth-order valence-corrected chi connectivity index (χ4v) is 5.64. The second-order valence-electron chi connectivity index (χ2n) is 7.30. The number of ether oxygens (including phenoxy) is 1. The molecule has 2 aromatic rings.